The molecule has 0 radical (unpaired) electrons. The van der Waals surface area contributed by atoms with Gasteiger partial charge in [-0.25, -0.2) is 9.59 Å². The average molecular weight is 399 g/mol. The van der Waals surface area contributed by atoms with Crippen molar-refractivity contribution in [2.45, 2.75) is 56.1 Å². The molecule has 2 aromatic carbocycles. The number of carbonyl (C=O) groups excluding carboxylic acids is 2. The Morgan fingerprint density at radius 3 is 2.29 bits per heavy atom. The lowest BCUT2D eigenvalue weighted by atomic mass is 9.77. The molecule has 0 spiro atoms. The van der Waals surface area contributed by atoms with Crippen LogP contribution < -0.4 is 4.74 Å². The first kappa shape index (κ1) is 20.5. The summed E-state index contributed by atoms with van der Waals surface area (Å²) in [6, 6.07) is 12.3. The van der Waals surface area contributed by atoms with E-state index in [9.17, 15) is 9.59 Å². The Morgan fingerprint density at radius 1 is 1.00 bits per heavy atom. The molecule has 0 unspecified atom stereocenters. The van der Waals surface area contributed by atoms with Crippen molar-refractivity contribution >= 4 is 23.7 Å². The molecule has 28 heavy (non-hydrogen) atoms. The summed E-state index contributed by atoms with van der Waals surface area (Å²) >= 11 is 1.85. The minimum Gasteiger partial charge on any atom is -0.462 e. The van der Waals surface area contributed by atoms with Gasteiger partial charge in [0.05, 0.1) is 17.7 Å². The number of hydrogen-bond acceptors (Lipinski definition) is 5. The molecule has 0 aromatic heterocycles. The second kappa shape index (κ2) is 7.63. The minimum absolute atomic E-state index is 0.0185. The van der Waals surface area contributed by atoms with Gasteiger partial charge in [0.1, 0.15) is 5.75 Å². The standard InChI is InChI=1S/C23H26O4S/c1-6-26-20(24)16-9-7-8-10-17(16)21(25)27-15-11-12-19-18(13-15)22(2,3)14-23(4,5)28-19/h7-13H,6,14H2,1-5H3. The molecule has 2 aromatic rings. The summed E-state index contributed by atoms with van der Waals surface area (Å²) in [6.45, 7) is 10.9. The summed E-state index contributed by atoms with van der Waals surface area (Å²) in [6.07, 6.45) is 1.03. The molecule has 3 rings (SSSR count). The lowest BCUT2D eigenvalue weighted by Gasteiger charge is -2.41. The molecule has 148 valence electrons. The third-order valence-electron chi connectivity index (χ3n) is 4.79. The highest BCUT2D eigenvalue weighted by molar-refractivity contribution is 8.00. The molecule has 1 aliphatic heterocycles. The van der Waals surface area contributed by atoms with Crippen LogP contribution in [0.5, 0.6) is 5.75 Å². The van der Waals surface area contributed by atoms with Gasteiger partial charge in [0, 0.05) is 9.64 Å². The number of fused-ring (bicyclic) bond motifs is 1. The first-order valence-corrected chi connectivity index (χ1v) is 10.3. The zero-order valence-corrected chi connectivity index (χ0v) is 17.8. The van der Waals surface area contributed by atoms with Crippen LogP contribution in [0.3, 0.4) is 0 Å². The van der Waals surface area contributed by atoms with Crippen molar-refractivity contribution in [3.05, 3.63) is 59.2 Å². The molecule has 0 saturated heterocycles. The molecule has 0 aliphatic carbocycles. The molecule has 0 amide bonds. The third-order valence-corrected chi connectivity index (χ3v) is 6.06. The smallest absolute Gasteiger partial charge is 0.344 e. The lowest BCUT2D eigenvalue weighted by molar-refractivity contribution is 0.0517. The van der Waals surface area contributed by atoms with Gasteiger partial charge in [-0.2, -0.15) is 0 Å². The molecule has 4 nitrogen and oxygen atoms in total. The highest BCUT2D eigenvalue weighted by Crippen LogP contribution is 2.51. The topological polar surface area (TPSA) is 52.6 Å². The van der Waals surface area contributed by atoms with Crippen molar-refractivity contribution in [3.8, 4) is 5.75 Å². The number of carbonyl (C=O) groups is 2. The highest BCUT2D eigenvalue weighted by atomic mass is 32.2. The molecule has 0 fully saturated rings. The Hall–Kier alpha value is -2.27. The molecule has 1 aliphatic rings. The fourth-order valence-electron chi connectivity index (χ4n) is 3.89. The predicted octanol–water partition coefficient (Wildman–Crippen LogP) is 5.63. The Balaban J connectivity index is 1.88. The zero-order chi connectivity index (χ0) is 20.5. The maximum Gasteiger partial charge on any atom is 0.344 e. The van der Waals surface area contributed by atoms with E-state index in [1.165, 1.54) is 10.5 Å². The number of ether oxygens (including phenoxy) is 2. The fourth-order valence-corrected chi connectivity index (χ4v) is 5.50. The van der Waals surface area contributed by atoms with Gasteiger partial charge in [-0.3, -0.25) is 0 Å². The molecule has 1 heterocycles. The number of hydrogen-bond donors (Lipinski definition) is 0. The van der Waals surface area contributed by atoms with Gasteiger partial charge >= 0.3 is 11.9 Å². The third kappa shape index (κ3) is 4.25. The van der Waals surface area contributed by atoms with Gasteiger partial charge in [0.15, 0.2) is 0 Å². The van der Waals surface area contributed by atoms with Crippen molar-refractivity contribution in [3.63, 3.8) is 0 Å². The quantitative estimate of drug-likeness (QED) is 0.493. The Morgan fingerprint density at radius 2 is 1.64 bits per heavy atom. The van der Waals surface area contributed by atoms with Crippen molar-refractivity contribution in [2.24, 2.45) is 0 Å². The minimum atomic E-state index is -0.565. The molecule has 5 heteroatoms. The van der Waals surface area contributed by atoms with Crippen molar-refractivity contribution in [1.82, 2.24) is 0 Å². The summed E-state index contributed by atoms with van der Waals surface area (Å²) in [5.74, 6) is -0.610. The van der Waals surface area contributed by atoms with E-state index in [2.05, 4.69) is 27.7 Å². The van der Waals surface area contributed by atoms with E-state index < -0.39 is 11.9 Å². The van der Waals surface area contributed by atoms with Crippen LogP contribution in [0.1, 0.15) is 67.3 Å². The SMILES string of the molecule is CCOC(=O)c1ccccc1C(=O)Oc1ccc2c(c1)C(C)(C)CC(C)(C)S2. The Labute approximate surface area is 170 Å². The van der Waals surface area contributed by atoms with E-state index in [4.69, 9.17) is 9.47 Å². The Bertz CT molecular complexity index is 915. The molecule has 0 atom stereocenters. The van der Waals surface area contributed by atoms with Gasteiger partial charge in [-0.1, -0.05) is 39.8 Å². The molecule has 0 bridgehead atoms. The molecular weight excluding hydrogens is 372 g/mol. The highest BCUT2D eigenvalue weighted by Gasteiger charge is 2.38. The number of benzene rings is 2. The van der Waals surface area contributed by atoms with Crippen LogP contribution in [-0.2, 0) is 10.2 Å². The van der Waals surface area contributed by atoms with Gasteiger partial charge in [0.25, 0.3) is 0 Å². The number of thioether (sulfide) groups is 1. The van der Waals surface area contributed by atoms with E-state index >= 15 is 0 Å². The van der Waals surface area contributed by atoms with Crippen molar-refractivity contribution in [1.29, 1.82) is 0 Å². The normalized spacial score (nSPS) is 16.8. The predicted molar refractivity (Wildman–Crippen MR) is 111 cm³/mol. The van der Waals surface area contributed by atoms with Crippen molar-refractivity contribution < 1.29 is 19.1 Å². The molecular formula is C23H26O4S. The number of esters is 2. The molecule has 0 N–H and O–H groups in total. The van der Waals surface area contributed by atoms with Crippen LogP contribution >= 0.6 is 11.8 Å². The van der Waals surface area contributed by atoms with Crippen LogP contribution in [0, 0.1) is 0 Å². The second-order valence-electron chi connectivity index (χ2n) is 8.24. The van der Waals surface area contributed by atoms with E-state index in [0.717, 1.165) is 6.42 Å². The number of rotatable bonds is 4. The largest absolute Gasteiger partial charge is 0.462 e. The van der Waals surface area contributed by atoms with E-state index in [1.807, 2.05) is 30.0 Å². The summed E-state index contributed by atoms with van der Waals surface area (Å²) in [4.78, 5) is 26.1. The fraction of sp³-hybridized carbons (Fsp3) is 0.391. The monoisotopic (exact) mass is 398 g/mol. The summed E-state index contributed by atoms with van der Waals surface area (Å²) < 4.78 is 10.8. The second-order valence-corrected chi connectivity index (χ2v) is 9.99. The van der Waals surface area contributed by atoms with Crippen LogP contribution in [0.25, 0.3) is 0 Å². The first-order valence-electron chi connectivity index (χ1n) is 9.45. The van der Waals surface area contributed by atoms with E-state index in [-0.39, 0.29) is 27.9 Å². The van der Waals surface area contributed by atoms with Crippen LogP contribution in [0.15, 0.2) is 47.4 Å². The van der Waals surface area contributed by atoms with Gasteiger partial charge in [0.2, 0.25) is 0 Å². The van der Waals surface area contributed by atoms with Crippen molar-refractivity contribution in [2.75, 3.05) is 6.61 Å². The van der Waals surface area contributed by atoms with Gasteiger partial charge in [-0.15, -0.1) is 11.8 Å². The van der Waals surface area contributed by atoms with E-state index in [1.54, 1.807) is 31.2 Å². The van der Waals surface area contributed by atoms with Crippen LogP contribution in [0.4, 0.5) is 0 Å². The maximum absolute atomic E-state index is 12.7. The summed E-state index contributed by atoms with van der Waals surface area (Å²) in [5.41, 5.74) is 1.58. The van der Waals surface area contributed by atoms with Gasteiger partial charge < -0.3 is 9.47 Å². The van der Waals surface area contributed by atoms with Gasteiger partial charge in [-0.05, 0) is 54.7 Å². The zero-order valence-electron chi connectivity index (χ0n) is 17.0. The van der Waals surface area contributed by atoms with E-state index in [0.29, 0.717) is 5.75 Å². The van der Waals surface area contributed by atoms with Crippen LogP contribution in [0.2, 0.25) is 0 Å². The van der Waals surface area contributed by atoms with Crippen LogP contribution in [-0.4, -0.2) is 23.3 Å². The molecule has 0 saturated carbocycles. The maximum atomic E-state index is 12.7. The lowest BCUT2D eigenvalue weighted by Crippen LogP contribution is -2.33. The summed E-state index contributed by atoms with van der Waals surface area (Å²) in [5, 5.41) is 0. The Kier molecular flexibility index (Phi) is 5.57. The summed E-state index contributed by atoms with van der Waals surface area (Å²) in [7, 11) is 0. The first-order chi connectivity index (χ1) is 13.1. The average Bonchev–Trinajstić information content (AvgIpc) is 2.61.